The minimum Gasteiger partial charge on any atom is -0.381 e. The molecule has 0 bridgehead atoms. The summed E-state index contributed by atoms with van der Waals surface area (Å²) in [6, 6.07) is 10.7. The number of alkyl halides is 2. The molecule has 7 aliphatic rings. The zero-order chi connectivity index (χ0) is 49.8. The molecule has 1 unspecified atom stereocenters. The number of benzene rings is 2. The number of piperazine rings is 1. The summed E-state index contributed by atoms with van der Waals surface area (Å²) in [6.07, 6.45) is 13.5. The number of imide groups is 2. The number of halogens is 2. The predicted molar refractivity (Wildman–Crippen MR) is 267 cm³/mol. The van der Waals surface area contributed by atoms with Crippen molar-refractivity contribution < 1.29 is 37.5 Å². The second kappa shape index (κ2) is 19.8. The standard InChI is InChI=1S/C36H42F2N6O2.C18H20N4O4/c1-23(45)41-15-10-33-31(21-41)36(40-44(33)26-11-16-46-17-12-26)42-14-5-6-24-18-27(28(35(37)38)19-34(24)42)30-22-43(25-7-3-2-4-8-25)32-9-13-39-20-29(30)32;1-20-6-8-21(9-7-20)11-2-3-12-13(10-11)18(26)22(17(12)25)14-4-5-15(23)19-16(14)24/h9,13,18-20,22,25-26,35H,2-8,10-12,14-17,21H2,1H3;2-3,10,14H,4-9H2,1H3,(H,19,23,24). The van der Waals surface area contributed by atoms with Crippen LogP contribution in [0.5, 0.6) is 0 Å². The topological polar surface area (TPSA) is 158 Å². The van der Waals surface area contributed by atoms with Crippen molar-refractivity contribution in [2.24, 2.45) is 0 Å². The van der Waals surface area contributed by atoms with Gasteiger partial charge in [0.2, 0.25) is 17.7 Å². The van der Waals surface area contributed by atoms with Crippen LogP contribution in [0.15, 0.2) is 55.0 Å². The lowest BCUT2D eigenvalue weighted by Crippen LogP contribution is -2.54. The molecule has 0 radical (unpaired) electrons. The van der Waals surface area contributed by atoms with Gasteiger partial charge in [-0.25, -0.2) is 8.78 Å². The lowest BCUT2D eigenvalue weighted by molar-refractivity contribution is -0.136. The number of piperidine rings is 1. The van der Waals surface area contributed by atoms with E-state index in [0.29, 0.717) is 55.6 Å². The van der Waals surface area contributed by atoms with E-state index in [0.717, 1.165) is 121 Å². The van der Waals surface area contributed by atoms with Gasteiger partial charge in [-0.05, 0) is 99.5 Å². The molecule has 16 nitrogen and oxygen atoms in total. The van der Waals surface area contributed by atoms with E-state index in [9.17, 15) is 24.0 Å². The lowest BCUT2D eigenvalue weighted by Gasteiger charge is -2.34. The maximum atomic E-state index is 15.1. The third-order valence-electron chi connectivity index (χ3n) is 16.1. The Bertz CT molecular complexity index is 2950. The van der Waals surface area contributed by atoms with Crippen LogP contribution in [0.25, 0.3) is 22.0 Å². The van der Waals surface area contributed by atoms with Gasteiger partial charge < -0.3 is 28.9 Å². The van der Waals surface area contributed by atoms with Crippen LogP contribution in [0.1, 0.15) is 133 Å². The summed E-state index contributed by atoms with van der Waals surface area (Å²) < 4.78 is 40.4. The Morgan fingerprint density at radius 2 is 1.57 bits per heavy atom. The number of ether oxygens (including phenoxy) is 1. The summed E-state index contributed by atoms with van der Waals surface area (Å²) in [5.41, 5.74) is 8.17. The van der Waals surface area contributed by atoms with Gasteiger partial charge in [0.15, 0.2) is 5.82 Å². The van der Waals surface area contributed by atoms with E-state index in [1.807, 2.05) is 29.3 Å². The Kier molecular flexibility index (Phi) is 13.2. The van der Waals surface area contributed by atoms with Crippen molar-refractivity contribution >= 4 is 57.6 Å². The number of carbonyl (C=O) groups excluding carboxylic acids is 5. The van der Waals surface area contributed by atoms with Crippen molar-refractivity contribution in [2.75, 3.05) is 69.3 Å². The van der Waals surface area contributed by atoms with Crippen LogP contribution >= 0.6 is 0 Å². The number of aryl methyl sites for hydroxylation is 1. The molecular weight excluding hydrogens is 923 g/mol. The molecule has 4 fully saturated rings. The van der Waals surface area contributed by atoms with Crippen LogP contribution in [0.3, 0.4) is 0 Å². The average molecular weight is 985 g/mol. The number of pyridine rings is 1. The zero-order valence-electron chi connectivity index (χ0n) is 41.1. The first-order valence-electron chi connectivity index (χ1n) is 25.8. The smallest absolute Gasteiger partial charge is 0.264 e. The molecule has 1 saturated carbocycles. The van der Waals surface area contributed by atoms with Crippen LogP contribution in [0, 0.1) is 0 Å². The molecular formula is C54H62F2N10O6. The van der Waals surface area contributed by atoms with Crippen molar-refractivity contribution in [3.8, 4) is 11.1 Å². The highest BCUT2D eigenvalue weighted by Crippen LogP contribution is 2.46. The number of hydrogen-bond acceptors (Lipinski definition) is 11. The van der Waals surface area contributed by atoms with E-state index >= 15 is 8.78 Å². The molecule has 3 aromatic heterocycles. The van der Waals surface area contributed by atoms with E-state index in [4.69, 9.17) is 9.84 Å². The second-order valence-corrected chi connectivity index (χ2v) is 20.5. The monoisotopic (exact) mass is 984 g/mol. The molecule has 5 amide bonds. The van der Waals surface area contributed by atoms with Crippen molar-refractivity contribution in [2.45, 2.75) is 115 Å². The van der Waals surface area contributed by atoms with Gasteiger partial charge in [0.05, 0.1) is 29.2 Å². The molecule has 2 aromatic carbocycles. The highest BCUT2D eigenvalue weighted by atomic mass is 19.3. The van der Waals surface area contributed by atoms with Gasteiger partial charge in [-0.1, -0.05) is 19.3 Å². The first kappa shape index (κ1) is 47.8. The first-order valence-corrected chi connectivity index (χ1v) is 25.8. The molecule has 3 saturated heterocycles. The number of fused-ring (bicyclic) bond motifs is 4. The van der Waals surface area contributed by atoms with E-state index in [1.54, 1.807) is 31.3 Å². The molecule has 0 spiro atoms. The highest BCUT2D eigenvalue weighted by molar-refractivity contribution is 6.23. The van der Waals surface area contributed by atoms with Crippen molar-refractivity contribution in [3.63, 3.8) is 0 Å². The summed E-state index contributed by atoms with van der Waals surface area (Å²) in [7, 11) is 2.07. The second-order valence-electron chi connectivity index (χ2n) is 20.5. The van der Waals surface area contributed by atoms with E-state index in [1.165, 1.54) is 25.0 Å². The fraction of sp³-hybridized carbons (Fsp3) is 0.500. The maximum Gasteiger partial charge on any atom is 0.264 e. The number of hydrogen-bond donors (Lipinski definition) is 1. The van der Waals surface area contributed by atoms with E-state index in [-0.39, 0.29) is 36.3 Å². The Labute approximate surface area is 417 Å². The van der Waals surface area contributed by atoms with Crippen molar-refractivity contribution in [3.05, 3.63) is 88.5 Å². The van der Waals surface area contributed by atoms with E-state index < -0.39 is 30.2 Å². The molecule has 9 heterocycles. The number of aromatic nitrogens is 4. The quantitative estimate of drug-likeness (QED) is 0.161. The molecule has 12 rings (SSSR count). The highest BCUT2D eigenvalue weighted by Gasteiger charge is 2.45. The SMILES string of the molecule is CC(=O)N1CCc2c(c(N3CCCc4cc(-c5cn(C6CCCCC6)c6ccncc56)c(C(F)F)cc43)nn2C2CCOCC2)C1.CN1CCN(c2ccc3c(c2)C(=O)N(C2CCC(=O)NC2=O)C3=O)CC1. The third kappa shape index (κ3) is 8.83. The molecule has 378 valence electrons. The average Bonchev–Trinajstić information content (AvgIpc) is 4.05. The van der Waals surface area contributed by atoms with Crippen LogP contribution < -0.4 is 15.1 Å². The normalized spacial score (nSPS) is 21.2. The summed E-state index contributed by atoms with van der Waals surface area (Å²) in [6.45, 7) is 8.44. The molecule has 72 heavy (non-hydrogen) atoms. The van der Waals surface area contributed by atoms with Crippen LogP contribution in [-0.4, -0.2) is 129 Å². The number of amides is 5. The maximum absolute atomic E-state index is 15.1. The summed E-state index contributed by atoms with van der Waals surface area (Å²) >= 11 is 0. The minimum absolute atomic E-state index is 0.0419. The van der Waals surface area contributed by atoms with Gasteiger partial charge in [-0.3, -0.25) is 43.9 Å². The number of carbonyl (C=O) groups is 5. The van der Waals surface area contributed by atoms with Crippen molar-refractivity contribution in [1.29, 1.82) is 0 Å². The molecule has 5 aromatic rings. The van der Waals surface area contributed by atoms with E-state index in [2.05, 4.69) is 47.5 Å². The Balaban J connectivity index is 0.000000182. The Morgan fingerprint density at radius 3 is 2.32 bits per heavy atom. The Morgan fingerprint density at radius 1 is 0.792 bits per heavy atom. The largest absolute Gasteiger partial charge is 0.381 e. The number of nitrogens with zero attached hydrogens (tertiary/aromatic N) is 9. The molecule has 1 aliphatic carbocycles. The molecule has 6 aliphatic heterocycles. The summed E-state index contributed by atoms with van der Waals surface area (Å²) in [4.78, 5) is 75.3. The van der Waals surface area contributed by atoms with Gasteiger partial charge in [0.1, 0.15) is 6.04 Å². The minimum atomic E-state index is -2.64. The van der Waals surface area contributed by atoms with Crippen molar-refractivity contribution in [1.82, 2.24) is 39.3 Å². The van der Waals surface area contributed by atoms with Gasteiger partial charge in [0.25, 0.3) is 18.2 Å². The number of anilines is 3. The van der Waals surface area contributed by atoms with Gasteiger partial charge in [-0.2, -0.15) is 5.10 Å². The number of nitrogens with one attached hydrogen (secondary N) is 1. The summed E-state index contributed by atoms with van der Waals surface area (Å²) in [5, 5.41) is 8.36. The summed E-state index contributed by atoms with van der Waals surface area (Å²) in [5.74, 6) is -1.05. The fourth-order valence-electron chi connectivity index (χ4n) is 12.1. The lowest BCUT2D eigenvalue weighted by atomic mass is 9.91. The van der Waals surface area contributed by atoms with Crippen LogP contribution in [0.2, 0.25) is 0 Å². The number of rotatable bonds is 7. The zero-order valence-corrected chi connectivity index (χ0v) is 41.1. The molecule has 1 N–H and O–H groups in total. The van der Waals surface area contributed by atoms with Crippen LogP contribution in [-0.2, 0) is 38.5 Å². The molecule has 18 heteroatoms. The fourth-order valence-corrected chi connectivity index (χ4v) is 12.1. The number of likely N-dealkylation sites (N-methyl/N-ethyl adjacent to an activating group) is 1. The molecule has 1 atom stereocenters. The Hall–Kier alpha value is -6.53. The predicted octanol–water partition coefficient (Wildman–Crippen LogP) is 7.52. The van der Waals surface area contributed by atoms with Crippen LogP contribution in [0.4, 0.5) is 26.0 Å². The van der Waals surface area contributed by atoms with Gasteiger partial charge in [-0.15, -0.1) is 0 Å². The third-order valence-corrected chi connectivity index (χ3v) is 16.1. The van der Waals surface area contributed by atoms with Gasteiger partial charge >= 0.3 is 0 Å². The first-order chi connectivity index (χ1) is 34.9. The van der Waals surface area contributed by atoms with Gasteiger partial charge in [0, 0.05) is 136 Å².